The maximum atomic E-state index is 12.8. The summed E-state index contributed by atoms with van der Waals surface area (Å²) in [6.45, 7) is 10.8. The van der Waals surface area contributed by atoms with Crippen molar-refractivity contribution in [2.45, 2.75) is 116 Å². The van der Waals surface area contributed by atoms with Gasteiger partial charge in [-0.05, 0) is 38.3 Å². The molecular formula is C28H40O12. The standard InChI is InChI=1S/C28H40O12/c1-12-17(33)10-27(25(6,7)35)20(12)21(34)23(38-14(3)30)26(8)18(37-13(2)29)9-19-28(11-36-19,40-16(5)32)22(26)24(27)39-15(4)31/h17-19,21-24,33-35H,9-11H2,1-8H3/t17-,18-,19+,21+,22-,23-,24-,26+,27-,28-/m1/s1. The summed E-state index contributed by atoms with van der Waals surface area (Å²) in [5.74, 6) is -3.95. The van der Waals surface area contributed by atoms with Crippen LogP contribution in [0.2, 0.25) is 0 Å². The third-order valence-electron chi connectivity index (χ3n) is 9.60. The quantitative estimate of drug-likeness (QED) is 0.241. The fourth-order valence-corrected chi connectivity index (χ4v) is 8.13. The van der Waals surface area contributed by atoms with Crippen molar-refractivity contribution in [1.29, 1.82) is 0 Å². The molecule has 1 aliphatic heterocycles. The molecule has 1 saturated heterocycles. The third kappa shape index (κ3) is 4.17. The molecule has 0 spiro atoms. The van der Waals surface area contributed by atoms with E-state index in [9.17, 15) is 34.5 Å². The Labute approximate surface area is 232 Å². The molecule has 224 valence electrons. The van der Waals surface area contributed by atoms with Crippen molar-refractivity contribution >= 4 is 23.9 Å². The van der Waals surface area contributed by atoms with Crippen LogP contribution in [-0.4, -0.2) is 93.6 Å². The second-order valence-corrected chi connectivity index (χ2v) is 12.4. The number of fused-ring (bicyclic) bond motifs is 4. The number of aliphatic hydroxyl groups is 3. The van der Waals surface area contributed by atoms with Crippen LogP contribution in [0.4, 0.5) is 0 Å². The maximum Gasteiger partial charge on any atom is 0.303 e. The Kier molecular flexibility index (Phi) is 7.44. The summed E-state index contributed by atoms with van der Waals surface area (Å²) < 4.78 is 29.6. The van der Waals surface area contributed by atoms with Crippen molar-refractivity contribution in [2.24, 2.45) is 16.7 Å². The van der Waals surface area contributed by atoms with Crippen LogP contribution in [0, 0.1) is 16.7 Å². The molecule has 12 heteroatoms. The predicted octanol–water partition coefficient (Wildman–Crippen LogP) is 0.721. The molecule has 3 fully saturated rings. The van der Waals surface area contributed by atoms with E-state index in [1.807, 2.05) is 0 Å². The van der Waals surface area contributed by atoms with E-state index in [4.69, 9.17) is 23.7 Å². The normalized spacial score (nSPS) is 42.3. The minimum Gasteiger partial charge on any atom is -0.462 e. The third-order valence-corrected chi connectivity index (χ3v) is 9.60. The molecule has 40 heavy (non-hydrogen) atoms. The highest BCUT2D eigenvalue weighted by molar-refractivity contribution is 5.69. The fraction of sp³-hybridized carbons (Fsp3) is 0.786. The molecule has 0 amide bonds. The van der Waals surface area contributed by atoms with Gasteiger partial charge in [0.1, 0.15) is 30.5 Å². The summed E-state index contributed by atoms with van der Waals surface area (Å²) >= 11 is 0. The van der Waals surface area contributed by atoms with Gasteiger partial charge in [0.25, 0.3) is 0 Å². The van der Waals surface area contributed by atoms with Gasteiger partial charge in [-0.25, -0.2) is 0 Å². The van der Waals surface area contributed by atoms with Gasteiger partial charge in [0.05, 0.1) is 35.1 Å². The molecule has 0 bridgehead atoms. The Balaban J connectivity index is 2.17. The number of esters is 4. The Hall–Kier alpha value is -2.54. The number of hydrogen-bond donors (Lipinski definition) is 3. The number of ether oxygens (including phenoxy) is 5. The molecule has 4 aliphatic rings. The Morgan fingerprint density at radius 1 is 0.925 bits per heavy atom. The molecule has 0 aromatic heterocycles. The van der Waals surface area contributed by atoms with Crippen LogP contribution in [0.5, 0.6) is 0 Å². The van der Waals surface area contributed by atoms with E-state index >= 15 is 0 Å². The second kappa shape index (κ2) is 9.78. The molecule has 0 aromatic carbocycles. The van der Waals surface area contributed by atoms with Gasteiger partial charge < -0.3 is 39.0 Å². The monoisotopic (exact) mass is 568 g/mol. The van der Waals surface area contributed by atoms with E-state index in [0.29, 0.717) is 5.57 Å². The first-order chi connectivity index (χ1) is 18.3. The maximum absolute atomic E-state index is 12.8. The molecule has 4 rings (SSSR count). The lowest BCUT2D eigenvalue weighted by Crippen LogP contribution is -2.79. The number of hydrogen-bond acceptors (Lipinski definition) is 12. The first-order valence-electron chi connectivity index (χ1n) is 13.5. The van der Waals surface area contributed by atoms with E-state index in [0.717, 1.165) is 6.92 Å². The van der Waals surface area contributed by atoms with Gasteiger partial charge in [0, 0.05) is 34.1 Å². The van der Waals surface area contributed by atoms with Crippen LogP contribution in [-0.2, 0) is 42.9 Å². The van der Waals surface area contributed by atoms with Gasteiger partial charge >= 0.3 is 23.9 Å². The van der Waals surface area contributed by atoms with Crippen LogP contribution in [0.25, 0.3) is 0 Å². The van der Waals surface area contributed by atoms with Crippen molar-refractivity contribution in [1.82, 2.24) is 0 Å². The summed E-state index contributed by atoms with van der Waals surface area (Å²) in [4.78, 5) is 50.3. The number of carbonyl (C=O) groups excluding carboxylic acids is 4. The van der Waals surface area contributed by atoms with Gasteiger partial charge in [0.2, 0.25) is 0 Å². The number of aliphatic hydroxyl groups excluding tert-OH is 2. The molecule has 0 radical (unpaired) electrons. The molecule has 1 heterocycles. The second-order valence-electron chi connectivity index (χ2n) is 12.4. The lowest BCUT2D eigenvalue weighted by molar-refractivity contribution is -0.353. The van der Waals surface area contributed by atoms with E-state index in [1.165, 1.54) is 34.6 Å². The van der Waals surface area contributed by atoms with Crippen LogP contribution < -0.4 is 0 Å². The SMILES string of the molecule is CC(=O)O[C@@H]1[C@@H](O)C2=C(C)[C@H](O)C[C@]2(C(C)(C)O)[C@H](OC(C)=O)[C@H]2[C@@]3(OC(C)=O)CO[C@H]3C[C@@H](OC(C)=O)[C@]12C. The zero-order valence-electron chi connectivity index (χ0n) is 24.2. The molecule has 0 unspecified atom stereocenters. The molecule has 12 nitrogen and oxygen atoms in total. The minimum atomic E-state index is -1.75. The largest absolute Gasteiger partial charge is 0.462 e. The van der Waals surface area contributed by atoms with E-state index < -0.39 is 88.5 Å². The zero-order valence-corrected chi connectivity index (χ0v) is 24.2. The first kappa shape index (κ1) is 30.4. The average Bonchev–Trinajstić information content (AvgIpc) is 3.03. The minimum absolute atomic E-state index is 0.0211. The Bertz CT molecular complexity index is 1140. The van der Waals surface area contributed by atoms with Crippen LogP contribution in [0.15, 0.2) is 11.1 Å². The van der Waals surface area contributed by atoms with Crippen LogP contribution in [0.1, 0.15) is 68.2 Å². The molecule has 10 atom stereocenters. The molecular weight excluding hydrogens is 528 g/mol. The lowest BCUT2D eigenvalue weighted by Gasteiger charge is -2.65. The zero-order chi connectivity index (χ0) is 30.2. The highest BCUT2D eigenvalue weighted by atomic mass is 16.6. The van der Waals surface area contributed by atoms with Crippen molar-refractivity contribution < 1.29 is 58.2 Å². The topological polar surface area (TPSA) is 175 Å². The van der Waals surface area contributed by atoms with Crippen molar-refractivity contribution in [3.05, 3.63) is 11.1 Å². The van der Waals surface area contributed by atoms with Crippen molar-refractivity contribution in [3.8, 4) is 0 Å². The summed E-state index contributed by atoms with van der Waals surface area (Å²) in [6.07, 6.45) is -7.61. The molecule has 2 saturated carbocycles. The summed E-state index contributed by atoms with van der Waals surface area (Å²) in [5.41, 5.74) is -5.96. The average molecular weight is 569 g/mol. The van der Waals surface area contributed by atoms with Crippen molar-refractivity contribution in [2.75, 3.05) is 6.61 Å². The van der Waals surface area contributed by atoms with Crippen molar-refractivity contribution in [3.63, 3.8) is 0 Å². The summed E-state index contributed by atoms with van der Waals surface area (Å²) in [7, 11) is 0. The molecule has 3 aliphatic carbocycles. The van der Waals surface area contributed by atoms with Crippen LogP contribution >= 0.6 is 0 Å². The highest BCUT2D eigenvalue weighted by Crippen LogP contribution is 2.68. The highest BCUT2D eigenvalue weighted by Gasteiger charge is 2.80. The number of rotatable bonds is 5. The van der Waals surface area contributed by atoms with Gasteiger partial charge in [-0.2, -0.15) is 0 Å². The smallest absolute Gasteiger partial charge is 0.303 e. The van der Waals surface area contributed by atoms with E-state index in [2.05, 4.69) is 0 Å². The van der Waals surface area contributed by atoms with Gasteiger partial charge in [-0.15, -0.1) is 0 Å². The van der Waals surface area contributed by atoms with E-state index in [-0.39, 0.29) is 25.0 Å². The predicted molar refractivity (Wildman–Crippen MR) is 135 cm³/mol. The molecule has 3 N–H and O–H groups in total. The Morgan fingerprint density at radius 3 is 1.93 bits per heavy atom. The Morgan fingerprint density at radius 2 is 1.48 bits per heavy atom. The number of carbonyl (C=O) groups is 4. The van der Waals surface area contributed by atoms with Gasteiger partial charge in [-0.1, -0.05) is 6.92 Å². The van der Waals surface area contributed by atoms with Crippen LogP contribution in [0.3, 0.4) is 0 Å². The summed E-state index contributed by atoms with van der Waals surface area (Å²) in [6, 6.07) is 0. The first-order valence-corrected chi connectivity index (χ1v) is 13.5. The van der Waals surface area contributed by atoms with Gasteiger partial charge in [-0.3, -0.25) is 19.2 Å². The van der Waals surface area contributed by atoms with E-state index in [1.54, 1.807) is 13.8 Å². The summed E-state index contributed by atoms with van der Waals surface area (Å²) in [5, 5.41) is 35.2. The lowest BCUT2D eigenvalue weighted by atomic mass is 9.49. The fourth-order valence-electron chi connectivity index (χ4n) is 8.13. The molecule has 0 aromatic rings. The van der Waals surface area contributed by atoms with Gasteiger partial charge in [0.15, 0.2) is 5.60 Å².